The number of carbonyl (C=O) groups excluding carboxylic acids is 1. The van der Waals surface area contributed by atoms with Gasteiger partial charge in [-0.25, -0.2) is 0 Å². The zero-order valence-corrected chi connectivity index (χ0v) is 14.6. The molecule has 2 heteroatoms. The summed E-state index contributed by atoms with van der Waals surface area (Å²) in [4.78, 5) is 12.0. The van der Waals surface area contributed by atoms with Crippen molar-refractivity contribution in [3.8, 4) is 0 Å². The average molecular weight is 313 g/mol. The van der Waals surface area contributed by atoms with Crippen molar-refractivity contribution in [3.63, 3.8) is 0 Å². The first-order valence-corrected chi connectivity index (χ1v) is 9.39. The molecule has 0 spiro atoms. The third kappa shape index (κ3) is 6.60. The van der Waals surface area contributed by atoms with Crippen molar-refractivity contribution >= 4 is 17.7 Å². The highest BCUT2D eigenvalue weighted by Gasteiger charge is 2.07. The first-order valence-electron chi connectivity index (χ1n) is 9.39. The van der Waals surface area contributed by atoms with Crippen LogP contribution in [0.25, 0.3) is 6.08 Å². The predicted octanol–water partition coefficient (Wildman–Crippen LogP) is 6.12. The molecular formula is C21H31NO. The maximum atomic E-state index is 12.0. The molecule has 23 heavy (non-hydrogen) atoms. The Morgan fingerprint density at radius 1 is 1.00 bits per heavy atom. The Bertz CT molecular complexity index is 519. The van der Waals surface area contributed by atoms with E-state index in [1.807, 2.05) is 6.07 Å². The Labute approximate surface area is 141 Å². The minimum Gasteiger partial charge on any atom is -0.326 e. The summed E-state index contributed by atoms with van der Waals surface area (Å²) in [5, 5.41) is 3.02. The molecule has 1 amide bonds. The van der Waals surface area contributed by atoms with Crippen LogP contribution in [0, 0.1) is 0 Å². The fourth-order valence-corrected chi connectivity index (χ4v) is 3.15. The lowest BCUT2D eigenvalue weighted by Crippen LogP contribution is -2.11. The summed E-state index contributed by atoms with van der Waals surface area (Å²) >= 11 is 0. The summed E-state index contributed by atoms with van der Waals surface area (Å²) in [6.45, 7) is 2.25. The van der Waals surface area contributed by atoms with E-state index >= 15 is 0 Å². The molecule has 2 rings (SSSR count). The molecular weight excluding hydrogens is 282 g/mol. The molecule has 1 N–H and O–H groups in total. The molecule has 1 aromatic carbocycles. The van der Waals surface area contributed by atoms with Crippen LogP contribution in [0.15, 0.2) is 24.3 Å². The minimum absolute atomic E-state index is 0.148. The van der Waals surface area contributed by atoms with E-state index in [-0.39, 0.29) is 5.91 Å². The van der Waals surface area contributed by atoms with Crippen LogP contribution in [0.1, 0.15) is 82.3 Å². The lowest BCUT2D eigenvalue weighted by molar-refractivity contribution is -0.116. The quantitative estimate of drug-likeness (QED) is 0.490. The lowest BCUT2D eigenvalue weighted by atomic mass is 10.1. The molecule has 1 aliphatic carbocycles. The second-order valence-electron chi connectivity index (χ2n) is 6.65. The molecule has 0 aliphatic heterocycles. The number of carbonyl (C=O) groups is 1. The highest BCUT2D eigenvalue weighted by Crippen LogP contribution is 2.23. The minimum atomic E-state index is 0.148. The van der Waals surface area contributed by atoms with Crippen LogP contribution in [0.3, 0.4) is 0 Å². The Morgan fingerprint density at radius 2 is 1.70 bits per heavy atom. The topological polar surface area (TPSA) is 29.1 Å². The Balaban J connectivity index is 1.53. The average Bonchev–Trinajstić information content (AvgIpc) is 3.01. The van der Waals surface area contributed by atoms with Gasteiger partial charge in [0.25, 0.3) is 0 Å². The van der Waals surface area contributed by atoms with Crippen molar-refractivity contribution in [2.45, 2.75) is 77.6 Å². The van der Waals surface area contributed by atoms with E-state index in [0.717, 1.165) is 18.5 Å². The summed E-state index contributed by atoms with van der Waals surface area (Å²) in [6.07, 6.45) is 17.5. The SMILES string of the molecule is CCCCCCCCCCCC(=O)Nc1ccc2c(c1)C=CC2. The van der Waals surface area contributed by atoms with Gasteiger partial charge in [0.05, 0.1) is 0 Å². The molecule has 0 unspecified atom stereocenters. The molecule has 0 fully saturated rings. The maximum Gasteiger partial charge on any atom is 0.224 e. The van der Waals surface area contributed by atoms with E-state index in [2.05, 4.69) is 36.5 Å². The van der Waals surface area contributed by atoms with Gasteiger partial charge in [0.15, 0.2) is 0 Å². The van der Waals surface area contributed by atoms with Gasteiger partial charge in [-0.3, -0.25) is 4.79 Å². The van der Waals surface area contributed by atoms with Crippen molar-refractivity contribution in [2.75, 3.05) is 5.32 Å². The third-order valence-corrected chi connectivity index (χ3v) is 4.57. The highest BCUT2D eigenvalue weighted by molar-refractivity contribution is 5.91. The smallest absolute Gasteiger partial charge is 0.224 e. The predicted molar refractivity (Wildman–Crippen MR) is 99.7 cm³/mol. The van der Waals surface area contributed by atoms with E-state index in [1.54, 1.807) is 0 Å². The lowest BCUT2D eigenvalue weighted by Gasteiger charge is -2.07. The molecule has 0 saturated carbocycles. The van der Waals surface area contributed by atoms with Crippen molar-refractivity contribution in [2.24, 2.45) is 0 Å². The van der Waals surface area contributed by atoms with Gasteiger partial charge in [-0.05, 0) is 36.1 Å². The number of fused-ring (bicyclic) bond motifs is 1. The monoisotopic (exact) mass is 313 g/mol. The Hall–Kier alpha value is -1.57. The molecule has 1 aromatic rings. The Kier molecular flexibility index (Phi) is 7.92. The van der Waals surface area contributed by atoms with Gasteiger partial charge in [-0.1, -0.05) is 76.5 Å². The van der Waals surface area contributed by atoms with Crippen LogP contribution < -0.4 is 5.32 Å². The van der Waals surface area contributed by atoms with Gasteiger partial charge in [0.2, 0.25) is 5.91 Å². The number of allylic oxidation sites excluding steroid dienone is 1. The zero-order valence-electron chi connectivity index (χ0n) is 14.6. The molecule has 1 aliphatic rings. The molecule has 0 saturated heterocycles. The van der Waals surface area contributed by atoms with Crippen LogP contribution in [0.5, 0.6) is 0 Å². The molecule has 0 radical (unpaired) electrons. The second-order valence-corrected chi connectivity index (χ2v) is 6.65. The molecule has 0 aromatic heterocycles. The van der Waals surface area contributed by atoms with Gasteiger partial charge in [0.1, 0.15) is 0 Å². The fourth-order valence-electron chi connectivity index (χ4n) is 3.15. The van der Waals surface area contributed by atoms with E-state index in [4.69, 9.17) is 0 Å². The number of hydrogen-bond acceptors (Lipinski definition) is 1. The van der Waals surface area contributed by atoms with Crippen LogP contribution in [0.4, 0.5) is 5.69 Å². The molecule has 126 valence electrons. The largest absolute Gasteiger partial charge is 0.326 e. The third-order valence-electron chi connectivity index (χ3n) is 4.57. The second kappa shape index (κ2) is 10.3. The molecule has 2 nitrogen and oxygen atoms in total. The fraction of sp³-hybridized carbons (Fsp3) is 0.571. The van der Waals surface area contributed by atoms with Crippen LogP contribution >= 0.6 is 0 Å². The standard InChI is InChI=1S/C21H31NO/c1-2-3-4-5-6-7-8-9-10-14-21(23)22-20-16-15-18-12-11-13-19(18)17-20/h11,13,15-17H,2-10,12,14H2,1H3,(H,22,23). The summed E-state index contributed by atoms with van der Waals surface area (Å²) in [5.74, 6) is 0.148. The number of nitrogens with one attached hydrogen (secondary N) is 1. The number of benzene rings is 1. The van der Waals surface area contributed by atoms with Crippen molar-refractivity contribution in [1.82, 2.24) is 0 Å². The van der Waals surface area contributed by atoms with Crippen LogP contribution in [-0.2, 0) is 11.2 Å². The van der Waals surface area contributed by atoms with Crippen LogP contribution in [0.2, 0.25) is 0 Å². The summed E-state index contributed by atoms with van der Waals surface area (Å²) in [5.41, 5.74) is 3.52. The Morgan fingerprint density at radius 3 is 2.43 bits per heavy atom. The van der Waals surface area contributed by atoms with E-state index in [9.17, 15) is 4.79 Å². The van der Waals surface area contributed by atoms with E-state index < -0.39 is 0 Å². The number of hydrogen-bond donors (Lipinski definition) is 1. The maximum absolute atomic E-state index is 12.0. The summed E-state index contributed by atoms with van der Waals surface area (Å²) in [6, 6.07) is 6.20. The number of amides is 1. The number of anilines is 1. The van der Waals surface area contributed by atoms with E-state index in [1.165, 1.54) is 62.5 Å². The first-order chi connectivity index (χ1) is 11.3. The van der Waals surface area contributed by atoms with Gasteiger partial charge >= 0.3 is 0 Å². The van der Waals surface area contributed by atoms with Gasteiger partial charge < -0.3 is 5.32 Å². The number of unbranched alkanes of at least 4 members (excludes halogenated alkanes) is 8. The van der Waals surface area contributed by atoms with Crippen molar-refractivity contribution < 1.29 is 4.79 Å². The molecule has 0 atom stereocenters. The highest BCUT2D eigenvalue weighted by atomic mass is 16.1. The van der Waals surface area contributed by atoms with Gasteiger partial charge in [-0.15, -0.1) is 0 Å². The van der Waals surface area contributed by atoms with E-state index in [0.29, 0.717) is 6.42 Å². The normalized spacial score (nSPS) is 12.4. The zero-order chi connectivity index (χ0) is 16.3. The summed E-state index contributed by atoms with van der Waals surface area (Å²) in [7, 11) is 0. The van der Waals surface area contributed by atoms with Crippen LogP contribution in [-0.4, -0.2) is 5.91 Å². The van der Waals surface area contributed by atoms with Crippen molar-refractivity contribution in [3.05, 3.63) is 35.4 Å². The van der Waals surface area contributed by atoms with Gasteiger partial charge in [0, 0.05) is 12.1 Å². The van der Waals surface area contributed by atoms with Crippen molar-refractivity contribution in [1.29, 1.82) is 0 Å². The summed E-state index contributed by atoms with van der Waals surface area (Å²) < 4.78 is 0. The number of rotatable bonds is 11. The first kappa shape index (κ1) is 17.8. The van der Waals surface area contributed by atoms with Gasteiger partial charge in [-0.2, -0.15) is 0 Å². The molecule has 0 bridgehead atoms. The molecule has 0 heterocycles.